The van der Waals surface area contributed by atoms with E-state index < -0.39 is 0 Å². The highest BCUT2D eigenvalue weighted by atomic mass is 35.5. The third-order valence-electron chi connectivity index (χ3n) is 5.98. The average Bonchev–Trinajstić information content (AvgIpc) is 3.10. The molecule has 0 fully saturated rings. The molecular formula is C29H30ClN3O2. The number of carbonyl (C=O) groups is 1. The number of anilines is 1. The molecule has 0 saturated carbocycles. The van der Waals surface area contributed by atoms with Crippen LogP contribution < -0.4 is 10.1 Å². The predicted molar refractivity (Wildman–Crippen MR) is 142 cm³/mol. The second-order valence-corrected chi connectivity index (χ2v) is 9.44. The lowest BCUT2D eigenvalue weighted by molar-refractivity contribution is 0.102. The predicted octanol–water partition coefficient (Wildman–Crippen LogP) is 7.16. The van der Waals surface area contributed by atoms with Crippen LogP contribution in [0.1, 0.15) is 58.2 Å². The Labute approximate surface area is 211 Å². The highest BCUT2D eigenvalue weighted by Gasteiger charge is 2.16. The zero-order chi connectivity index (χ0) is 24.9. The van der Waals surface area contributed by atoms with Gasteiger partial charge >= 0.3 is 0 Å². The lowest BCUT2D eigenvalue weighted by atomic mass is 10.0. The molecule has 0 spiro atoms. The molecule has 0 aliphatic carbocycles. The van der Waals surface area contributed by atoms with Crippen molar-refractivity contribution < 1.29 is 9.53 Å². The van der Waals surface area contributed by atoms with Crippen molar-refractivity contribution >= 4 is 23.2 Å². The van der Waals surface area contributed by atoms with Crippen LogP contribution in [-0.4, -0.2) is 15.7 Å². The van der Waals surface area contributed by atoms with Crippen molar-refractivity contribution in [1.82, 2.24) is 9.78 Å². The second kappa shape index (κ2) is 10.8. The first-order valence-corrected chi connectivity index (χ1v) is 12.1. The number of hydrogen-bond donors (Lipinski definition) is 1. The molecule has 0 atom stereocenters. The molecule has 35 heavy (non-hydrogen) atoms. The topological polar surface area (TPSA) is 56.2 Å². The summed E-state index contributed by atoms with van der Waals surface area (Å²) < 4.78 is 7.81. The van der Waals surface area contributed by atoms with E-state index in [1.165, 1.54) is 5.56 Å². The Kier molecular flexibility index (Phi) is 7.57. The minimum absolute atomic E-state index is 0.179. The van der Waals surface area contributed by atoms with E-state index in [1.807, 2.05) is 73.1 Å². The van der Waals surface area contributed by atoms with Gasteiger partial charge in [0, 0.05) is 10.6 Å². The molecule has 1 amide bonds. The quantitative estimate of drug-likeness (QED) is 0.287. The van der Waals surface area contributed by atoms with Gasteiger partial charge in [0.15, 0.2) is 0 Å². The first-order chi connectivity index (χ1) is 16.8. The maximum absolute atomic E-state index is 13.1. The Morgan fingerprint density at radius 3 is 2.43 bits per heavy atom. The van der Waals surface area contributed by atoms with Crippen LogP contribution in [-0.2, 0) is 13.2 Å². The van der Waals surface area contributed by atoms with Gasteiger partial charge in [-0.25, -0.2) is 0 Å². The molecule has 0 saturated heterocycles. The minimum atomic E-state index is -0.179. The smallest absolute Gasteiger partial charge is 0.255 e. The lowest BCUT2D eigenvalue weighted by Gasteiger charge is -2.11. The first kappa shape index (κ1) is 24.6. The summed E-state index contributed by atoms with van der Waals surface area (Å²) >= 11 is 6.12. The van der Waals surface area contributed by atoms with Crippen LogP contribution in [0.3, 0.4) is 0 Å². The Bertz CT molecular complexity index is 1330. The number of nitrogens with one attached hydrogen (secondary N) is 1. The number of aromatic nitrogens is 2. The highest BCUT2D eigenvalue weighted by Crippen LogP contribution is 2.23. The summed E-state index contributed by atoms with van der Waals surface area (Å²) in [4.78, 5) is 13.1. The van der Waals surface area contributed by atoms with Crippen LogP contribution in [0.25, 0.3) is 0 Å². The number of carbonyl (C=O) groups excluding carboxylic acids is 1. The van der Waals surface area contributed by atoms with Gasteiger partial charge in [0.05, 0.1) is 23.6 Å². The monoisotopic (exact) mass is 487 g/mol. The summed E-state index contributed by atoms with van der Waals surface area (Å²) in [7, 11) is 0. The molecule has 1 heterocycles. The molecule has 6 heteroatoms. The van der Waals surface area contributed by atoms with Gasteiger partial charge in [-0.15, -0.1) is 0 Å². The van der Waals surface area contributed by atoms with Gasteiger partial charge < -0.3 is 10.1 Å². The van der Waals surface area contributed by atoms with E-state index in [2.05, 4.69) is 36.4 Å². The Morgan fingerprint density at radius 2 is 1.71 bits per heavy atom. The third kappa shape index (κ3) is 6.11. The summed E-state index contributed by atoms with van der Waals surface area (Å²) in [6.45, 7) is 9.14. The molecule has 0 unspecified atom stereocenters. The molecule has 0 aliphatic rings. The fourth-order valence-corrected chi connectivity index (χ4v) is 4.16. The number of benzene rings is 3. The molecule has 0 radical (unpaired) electrons. The van der Waals surface area contributed by atoms with Crippen molar-refractivity contribution in [2.24, 2.45) is 0 Å². The number of nitrogens with zero attached hydrogens (tertiary/aromatic N) is 2. The molecule has 1 aromatic heterocycles. The van der Waals surface area contributed by atoms with E-state index in [9.17, 15) is 4.79 Å². The number of halogens is 1. The molecule has 5 nitrogen and oxygen atoms in total. The fraction of sp³-hybridized carbons (Fsp3) is 0.241. The largest absolute Gasteiger partial charge is 0.489 e. The Morgan fingerprint density at radius 1 is 1.00 bits per heavy atom. The SMILES string of the molecule is Cc1nn(Cc2cccc(Cl)c2)c(C)c1NC(=O)c1cccc(COc2ccc(C(C)C)cc2)c1. The van der Waals surface area contributed by atoms with E-state index in [0.29, 0.717) is 29.7 Å². The maximum atomic E-state index is 13.1. The summed E-state index contributed by atoms with van der Waals surface area (Å²) in [5.41, 5.74) is 6.20. The first-order valence-electron chi connectivity index (χ1n) is 11.7. The van der Waals surface area contributed by atoms with Crippen LogP contribution >= 0.6 is 11.6 Å². The van der Waals surface area contributed by atoms with Crippen molar-refractivity contribution in [3.63, 3.8) is 0 Å². The van der Waals surface area contributed by atoms with Gasteiger partial charge in [-0.05, 0) is 72.9 Å². The summed E-state index contributed by atoms with van der Waals surface area (Å²) in [5, 5.41) is 8.35. The van der Waals surface area contributed by atoms with Crippen molar-refractivity contribution in [3.05, 3.63) is 111 Å². The number of hydrogen-bond acceptors (Lipinski definition) is 3. The molecule has 0 aliphatic heterocycles. The molecule has 4 rings (SSSR count). The Balaban J connectivity index is 1.43. The van der Waals surface area contributed by atoms with Crippen LogP contribution in [0.15, 0.2) is 72.8 Å². The highest BCUT2D eigenvalue weighted by molar-refractivity contribution is 6.30. The third-order valence-corrected chi connectivity index (χ3v) is 6.22. The van der Waals surface area contributed by atoms with E-state index in [-0.39, 0.29) is 5.91 Å². The standard InChI is InChI=1S/C29H30ClN3O2/c1-19(2)24-11-13-27(14-12-24)35-18-23-8-5-9-25(15-23)29(34)31-28-20(3)32-33(21(28)4)17-22-7-6-10-26(30)16-22/h5-16,19H,17-18H2,1-4H3,(H,31,34). The van der Waals surface area contributed by atoms with Crippen LogP contribution in [0.4, 0.5) is 5.69 Å². The summed E-state index contributed by atoms with van der Waals surface area (Å²) in [6, 6.07) is 23.3. The fourth-order valence-electron chi connectivity index (χ4n) is 3.94. The Hall–Kier alpha value is -3.57. The van der Waals surface area contributed by atoms with Gasteiger partial charge in [-0.2, -0.15) is 5.10 Å². The van der Waals surface area contributed by atoms with Crippen molar-refractivity contribution in [1.29, 1.82) is 0 Å². The molecule has 180 valence electrons. The van der Waals surface area contributed by atoms with E-state index >= 15 is 0 Å². The second-order valence-electron chi connectivity index (χ2n) is 9.00. The zero-order valence-corrected chi connectivity index (χ0v) is 21.3. The molecular weight excluding hydrogens is 458 g/mol. The van der Waals surface area contributed by atoms with Crippen molar-refractivity contribution in [2.45, 2.75) is 46.8 Å². The number of aryl methyl sites for hydroxylation is 1. The maximum Gasteiger partial charge on any atom is 0.255 e. The van der Waals surface area contributed by atoms with E-state index in [0.717, 1.165) is 34.0 Å². The van der Waals surface area contributed by atoms with Gasteiger partial charge in [0.2, 0.25) is 0 Å². The van der Waals surface area contributed by atoms with E-state index in [4.69, 9.17) is 16.3 Å². The number of rotatable bonds is 8. The van der Waals surface area contributed by atoms with Crippen LogP contribution in [0, 0.1) is 13.8 Å². The molecule has 4 aromatic rings. The molecule has 3 aromatic carbocycles. The van der Waals surface area contributed by atoms with Crippen LogP contribution in [0.5, 0.6) is 5.75 Å². The van der Waals surface area contributed by atoms with Crippen molar-refractivity contribution in [2.75, 3.05) is 5.32 Å². The number of amides is 1. The van der Waals surface area contributed by atoms with Gasteiger partial charge in [-0.3, -0.25) is 9.48 Å². The molecule has 1 N–H and O–H groups in total. The average molecular weight is 488 g/mol. The summed E-state index contributed by atoms with van der Waals surface area (Å²) in [6.07, 6.45) is 0. The van der Waals surface area contributed by atoms with Gasteiger partial charge in [0.1, 0.15) is 12.4 Å². The normalized spacial score (nSPS) is 11.0. The lowest BCUT2D eigenvalue weighted by Crippen LogP contribution is -2.14. The molecule has 0 bridgehead atoms. The van der Waals surface area contributed by atoms with Gasteiger partial charge in [-0.1, -0.05) is 61.8 Å². The van der Waals surface area contributed by atoms with E-state index in [1.54, 1.807) is 6.07 Å². The zero-order valence-electron chi connectivity index (χ0n) is 20.5. The van der Waals surface area contributed by atoms with Crippen molar-refractivity contribution in [3.8, 4) is 5.75 Å². The van der Waals surface area contributed by atoms with Gasteiger partial charge in [0.25, 0.3) is 5.91 Å². The summed E-state index contributed by atoms with van der Waals surface area (Å²) in [5.74, 6) is 1.11. The minimum Gasteiger partial charge on any atom is -0.489 e. The number of ether oxygens (including phenoxy) is 1. The van der Waals surface area contributed by atoms with Crippen LogP contribution in [0.2, 0.25) is 5.02 Å².